The first-order valence-corrected chi connectivity index (χ1v) is 14.0. The molecule has 0 atom stereocenters. The highest BCUT2D eigenvalue weighted by Gasteiger charge is 2.31. The van der Waals surface area contributed by atoms with Crippen LogP contribution in [-0.4, -0.2) is 23.8 Å². The molecule has 0 spiro atoms. The average molecular weight is 542 g/mol. The molecule has 6 rings (SSSR count). The van der Waals surface area contributed by atoms with E-state index < -0.39 is 13.8 Å². The van der Waals surface area contributed by atoms with Gasteiger partial charge in [-0.25, -0.2) is 0 Å². The smallest absolute Gasteiger partial charge is 0.426 e. The van der Waals surface area contributed by atoms with Crippen LogP contribution in [0.1, 0.15) is 11.4 Å². The lowest BCUT2D eigenvalue weighted by molar-refractivity contribution is 0.493. The van der Waals surface area contributed by atoms with E-state index in [-0.39, 0.29) is 0 Å². The molecule has 200 valence electrons. The first-order chi connectivity index (χ1) is 20.9. The maximum absolute atomic E-state index is 7.05. The van der Waals surface area contributed by atoms with Crippen molar-refractivity contribution >= 4 is 47.2 Å². The van der Waals surface area contributed by atoms with E-state index in [0.29, 0.717) is 22.9 Å². The van der Waals surface area contributed by atoms with E-state index in [4.69, 9.17) is 19.3 Å². The van der Waals surface area contributed by atoms with Gasteiger partial charge in [0, 0.05) is 12.4 Å². The molecule has 4 nitrogen and oxygen atoms in total. The first-order valence-electron chi connectivity index (χ1n) is 14.0. The SMILES string of the molecule is c1ccc(B(O/C(=C(/OB(c2ccccc2)c2ccccc2)c2ccccn2)c2ccccn2)c2ccccc2)cc1. The minimum atomic E-state index is -0.418. The summed E-state index contributed by atoms with van der Waals surface area (Å²) < 4.78 is 14.1. The summed E-state index contributed by atoms with van der Waals surface area (Å²) in [5.41, 5.74) is 5.35. The molecule has 0 amide bonds. The monoisotopic (exact) mass is 542 g/mol. The predicted molar refractivity (Wildman–Crippen MR) is 173 cm³/mol. The third-order valence-corrected chi connectivity index (χ3v) is 6.88. The van der Waals surface area contributed by atoms with E-state index in [1.54, 1.807) is 12.4 Å². The lowest BCUT2D eigenvalue weighted by atomic mass is 9.55. The fourth-order valence-electron chi connectivity index (χ4n) is 4.86. The maximum atomic E-state index is 7.05. The molecule has 0 saturated heterocycles. The Bertz CT molecular complexity index is 1500. The number of rotatable bonds is 10. The Balaban J connectivity index is 1.57. The number of pyridine rings is 2. The third kappa shape index (κ3) is 6.34. The van der Waals surface area contributed by atoms with E-state index in [9.17, 15) is 0 Å². The third-order valence-electron chi connectivity index (χ3n) is 6.88. The molecule has 0 saturated carbocycles. The second-order valence-corrected chi connectivity index (χ2v) is 9.73. The molecular formula is C36H28B2N2O2. The summed E-state index contributed by atoms with van der Waals surface area (Å²) in [5, 5.41) is 0. The first kappa shape index (κ1) is 26.9. The highest BCUT2D eigenvalue weighted by molar-refractivity contribution is 6.81. The van der Waals surface area contributed by atoms with Gasteiger partial charge in [-0.05, 0) is 46.1 Å². The molecule has 0 aliphatic heterocycles. The summed E-state index contributed by atoms with van der Waals surface area (Å²) in [6.45, 7) is -0.836. The van der Waals surface area contributed by atoms with Crippen LogP contribution >= 0.6 is 0 Å². The van der Waals surface area contributed by atoms with Crippen molar-refractivity contribution in [3.8, 4) is 0 Å². The van der Waals surface area contributed by atoms with Gasteiger partial charge in [0.05, 0.1) is 0 Å². The van der Waals surface area contributed by atoms with Gasteiger partial charge in [0.25, 0.3) is 0 Å². The van der Waals surface area contributed by atoms with Crippen molar-refractivity contribution < 1.29 is 9.31 Å². The van der Waals surface area contributed by atoms with Crippen molar-refractivity contribution in [3.05, 3.63) is 182 Å². The highest BCUT2D eigenvalue weighted by atomic mass is 16.5. The van der Waals surface area contributed by atoms with Crippen molar-refractivity contribution in [2.45, 2.75) is 0 Å². The number of hydrogen-bond donors (Lipinski definition) is 0. The molecule has 0 aliphatic rings. The fourth-order valence-corrected chi connectivity index (χ4v) is 4.86. The van der Waals surface area contributed by atoms with E-state index in [1.807, 2.05) is 109 Å². The van der Waals surface area contributed by atoms with Crippen LogP contribution in [0.5, 0.6) is 0 Å². The van der Waals surface area contributed by atoms with Crippen molar-refractivity contribution in [1.82, 2.24) is 9.97 Å². The minimum Gasteiger partial charge on any atom is -0.547 e. The minimum absolute atomic E-state index is 0.418. The molecule has 6 aromatic rings. The van der Waals surface area contributed by atoms with E-state index in [1.165, 1.54) is 0 Å². The van der Waals surface area contributed by atoms with Crippen molar-refractivity contribution in [2.75, 3.05) is 0 Å². The molecule has 42 heavy (non-hydrogen) atoms. The van der Waals surface area contributed by atoms with Crippen LogP contribution in [0, 0.1) is 0 Å². The molecule has 0 bridgehead atoms. The molecule has 4 aromatic carbocycles. The summed E-state index contributed by atoms with van der Waals surface area (Å²) >= 11 is 0. The number of nitrogens with zero attached hydrogens (tertiary/aromatic N) is 2. The Morgan fingerprint density at radius 3 is 0.905 bits per heavy atom. The van der Waals surface area contributed by atoms with Crippen molar-refractivity contribution in [3.63, 3.8) is 0 Å². The van der Waals surface area contributed by atoms with Crippen LogP contribution in [0.25, 0.3) is 11.5 Å². The second kappa shape index (κ2) is 13.3. The summed E-state index contributed by atoms with van der Waals surface area (Å²) in [6.07, 6.45) is 3.53. The van der Waals surface area contributed by atoms with Gasteiger partial charge in [-0.15, -0.1) is 0 Å². The normalized spacial score (nSPS) is 11.2. The molecule has 0 N–H and O–H groups in total. The number of hydrogen-bond acceptors (Lipinski definition) is 4. The maximum Gasteiger partial charge on any atom is 0.426 e. The summed E-state index contributed by atoms with van der Waals surface area (Å²) in [6, 6.07) is 52.4. The largest absolute Gasteiger partial charge is 0.547 e. The van der Waals surface area contributed by atoms with E-state index >= 15 is 0 Å². The lowest BCUT2D eigenvalue weighted by Gasteiger charge is -2.25. The van der Waals surface area contributed by atoms with Crippen molar-refractivity contribution in [2.24, 2.45) is 0 Å². The van der Waals surface area contributed by atoms with Gasteiger partial charge < -0.3 is 9.31 Å². The van der Waals surface area contributed by atoms with Crippen molar-refractivity contribution in [1.29, 1.82) is 0 Å². The van der Waals surface area contributed by atoms with Crippen LogP contribution in [-0.2, 0) is 9.31 Å². The molecule has 0 unspecified atom stereocenters. The van der Waals surface area contributed by atoms with Crippen LogP contribution in [0.15, 0.2) is 170 Å². The summed E-state index contributed by atoms with van der Waals surface area (Å²) in [5.74, 6) is 1.01. The summed E-state index contributed by atoms with van der Waals surface area (Å²) in [4.78, 5) is 9.46. The van der Waals surface area contributed by atoms with Crippen LogP contribution in [0.2, 0.25) is 0 Å². The Morgan fingerprint density at radius 1 is 0.357 bits per heavy atom. The molecule has 0 radical (unpaired) electrons. The molecule has 6 heteroatoms. The number of benzene rings is 4. The molecular weight excluding hydrogens is 514 g/mol. The molecule has 0 aliphatic carbocycles. The lowest BCUT2D eigenvalue weighted by Crippen LogP contribution is -2.46. The summed E-state index contributed by atoms with van der Waals surface area (Å²) in [7, 11) is 0. The standard InChI is InChI=1S/C36H28B2N2O2/c1-5-17-29(18-6-1)37(30-19-7-2-8-20-30)41-35(33-25-13-15-27-39-33)36(34-26-14-16-28-40-34)42-38(31-21-9-3-10-22-31)32-23-11-4-12-24-32/h1-28H/b36-35+. The topological polar surface area (TPSA) is 44.2 Å². The molecule has 2 heterocycles. The van der Waals surface area contributed by atoms with Crippen LogP contribution in [0.3, 0.4) is 0 Å². The fraction of sp³-hybridized carbons (Fsp3) is 0. The van der Waals surface area contributed by atoms with Gasteiger partial charge in [0.2, 0.25) is 0 Å². The number of aromatic nitrogens is 2. The Hall–Kier alpha value is -5.35. The Labute approximate surface area is 247 Å². The second-order valence-electron chi connectivity index (χ2n) is 9.73. The Morgan fingerprint density at radius 2 is 0.643 bits per heavy atom. The zero-order valence-corrected chi connectivity index (χ0v) is 23.0. The highest BCUT2D eigenvalue weighted by Crippen LogP contribution is 2.28. The van der Waals surface area contributed by atoms with Crippen LogP contribution in [0.4, 0.5) is 0 Å². The zero-order chi connectivity index (χ0) is 28.4. The van der Waals surface area contributed by atoms with Gasteiger partial charge in [0.1, 0.15) is 11.4 Å². The quantitative estimate of drug-likeness (QED) is 0.182. The van der Waals surface area contributed by atoms with E-state index in [0.717, 1.165) is 21.9 Å². The van der Waals surface area contributed by atoms with Gasteiger partial charge in [0.15, 0.2) is 11.5 Å². The Kier molecular flexibility index (Phi) is 8.53. The van der Waals surface area contributed by atoms with Gasteiger partial charge in [-0.1, -0.05) is 133 Å². The van der Waals surface area contributed by atoms with Gasteiger partial charge in [-0.2, -0.15) is 0 Å². The molecule has 2 aromatic heterocycles. The van der Waals surface area contributed by atoms with Gasteiger partial charge in [-0.3, -0.25) is 9.97 Å². The van der Waals surface area contributed by atoms with Crippen LogP contribution < -0.4 is 21.9 Å². The van der Waals surface area contributed by atoms with E-state index in [2.05, 4.69) is 48.5 Å². The molecule has 0 fully saturated rings. The average Bonchev–Trinajstić information content (AvgIpc) is 3.09. The van der Waals surface area contributed by atoms with Gasteiger partial charge >= 0.3 is 13.8 Å². The predicted octanol–water partition coefficient (Wildman–Crippen LogP) is 4.95. The zero-order valence-electron chi connectivity index (χ0n) is 23.0.